The first-order chi connectivity index (χ1) is 19.2. The fourth-order valence-corrected chi connectivity index (χ4v) is 7.34. The summed E-state index contributed by atoms with van der Waals surface area (Å²) in [6.07, 6.45) is 0. The molecular weight excluding hydrogens is 485 g/mol. The zero-order valence-corrected chi connectivity index (χ0v) is 24.4. The number of anilines is 3. The summed E-state index contributed by atoms with van der Waals surface area (Å²) in [6, 6.07) is 29.4. The molecule has 2 heterocycles. The van der Waals surface area contributed by atoms with Gasteiger partial charge in [-0.05, 0) is 140 Å². The van der Waals surface area contributed by atoms with Crippen LogP contribution in [0.3, 0.4) is 0 Å². The molecular formula is C37H34BNO. The van der Waals surface area contributed by atoms with Crippen LogP contribution in [0.25, 0.3) is 11.1 Å². The standard InChI is InChI=1S/C37H34BNO/c1-21-12-22(2)17-29(16-21)39-31-18-24(4)15-27(7)36(31)38-30-10-8-9-11-33(30)40-34-20-28(19-32(39)37(34)38)35-25(5)13-23(3)14-26(35)6/h8-20H,1-7H3. The highest BCUT2D eigenvalue weighted by molar-refractivity contribution is 6.99. The fourth-order valence-electron chi connectivity index (χ4n) is 7.34. The number of para-hydroxylation sites is 1. The average molecular weight is 519 g/mol. The average Bonchev–Trinajstić information content (AvgIpc) is 2.87. The topological polar surface area (TPSA) is 12.5 Å². The number of fused-ring (bicyclic) bond motifs is 4. The Kier molecular flexibility index (Phi) is 5.51. The lowest BCUT2D eigenvalue weighted by atomic mass is 9.33. The molecule has 40 heavy (non-hydrogen) atoms. The summed E-state index contributed by atoms with van der Waals surface area (Å²) in [4.78, 5) is 2.49. The predicted octanol–water partition coefficient (Wildman–Crippen LogP) is 7.92. The summed E-state index contributed by atoms with van der Waals surface area (Å²) in [5, 5.41) is 0. The molecule has 0 spiro atoms. The Morgan fingerprint density at radius 1 is 0.550 bits per heavy atom. The molecule has 0 radical (unpaired) electrons. The van der Waals surface area contributed by atoms with Gasteiger partial charge in [-0.3, -0.25) is 0 Å². The molecule has 0 amide bonds. The molecule has 2 nitrogen and oxygen atoms in total. The van der Waals surface area contributed by atoms with Crippen LogP contribution in [-0.2, 0) is 0 Å². The first-order valence-electron chi connectivity index (χ1n) is 14.2. The summed E-state index contributed by atoms with van der Waals surface area (Å²) >= 11 is 0. The van der Waals surface area contributed by atoms with E-state index in [2.05, 4.69) is 132 Å². The van der Waals surface area contributed by atoms with Crippen molar-refractivity contribution in [2.24, 2.45) is 0 Å². The number of aryl methyl sites for hydroxylation is 7. The maximum absolute atomic E-state index is 6.77. The molecule has 0 aliphatic carbocycles. The van der Waals surface area contributed by atoms with Crippen LogP contribution in [0.15, 0.2) is 78.9 Å². The molecule has 0 saturated heterocycles. The molecule has 3 heteroatoms. The van der Waals surface area contributed by atoms with Gasteiger partial charge in [0.2, 0.25) is 0 Å². The van der Waals surface area contributed by atoms with Gasteiger partial charge in [-0.1, -0.05) is 53.6 Å². The van der Waals surface area contributed by atoms with E-state index in [1.165, 1.54) is 83.5 Å². The van der Waals surface area contributed by atoms with Gasteiger partial charge in [-0.15, -0.1) is 0 Å². The highest BCUT2D eigenvalue weighted by Gasteiger charge is 2.43. The van der Waals surface area contributed by atoms with E-state index in [9.17, 15) is 0 Å². The number of rotatable bonds is 2. The van der Waals surface area contributed by atoms with Gasteiger partial charge < -0.3 is 9.64 Å². The van der Waals surface area contributed by atoms with Crippen LogP contribution in [0.1, 0.15) is 38.9 Å². The summed E-state index contributed by atoms with van der Waals surface area (Å²) in [7, 11) is 0. The largest absolute Gasteiger partial charge is 0.458 e. The van der Waals surface area contributed by atoms with Gasteiger partial charge in [0.1, 0.15) is 11.5 Å². The zero-order valence-electron chi connectivity index (χ0n) is 24.4. The Hall–Kier alpha value is -4.24. The summed E-state index contributed by atoms with van der Waals surface area (Å²) in [5.41, 5.74) is 19.0. The van der Waals surface area contributed by atoms with E-state index >= 15 is 0 Å². The van der Waals surface area contributed by atoms with Crippen LogP contribution in [0, 0.1) is 48.5 Å². The molecule has 0 atom stereocenters. The molecule has 0 fully saturated rings. The van der Waals surface area contributed by atoms with Crippen molar-refractivity contribution in [1.29, 1.82) is 0 Å². The Bertz CT molecular complexity index is 1820. The lowest BCUT2D eigenvalue weighted by molar-refractivity contribution is 0.487. The summed E-state index contributed by atoms with van der Waals surface area (Å²) < 4.78 is 6.77. The highest BCUT2D eigenvalue weighted by Crippen LogP contribution is 2.44. The van der Waals surface area contributed by atoms with Gasteiger partial charge >= 0.3 is 0 Å². The zero-order chi connectivity index (χ0) is 27.9. The van der Waals surface area contributed by atoms with E-state index in [-0.39, 0.29) is 6.71 Å². The van der Waals surface area contributed by atoms with Crippen LogP contribution in [0.4, 0.5) is 17.1 Å². The van der Waals surface area contributed by atoms with Gasteiger partial charge in [0.25, 0.3) is 6.71 Å². The molecule has 0 saturated carbocycles. The predicted molar refractivity (Wildman–Crippen MR) is 171 cm³/mol. The smallest absolute Gasteiger partial charge is 0.256 e. The monoisotopic (exact) mass is 519 g/mol. The second-order valence-electron chi connectivity index (χ2n) is 11.9. The van der Waals surface area contributed by atoms with Crippen molar-refractivity contribution in [1.82, 2.24) is 0 Å². The first kappa shape index (κ1) is 24.8. The molecule has 196 valence electrons. The van der Waals surface area contributed by atoms with Crippen LogP contribution >= 0.6 is 0 Å². The third-order valence-electron chi connectivity index (χ3n) is 8.57. The van der Waals surface area contributed by atoms with Crippen LogP contribution in [0.5, 0.6) is 11.5 Å². The molecule has 5 aromatic rings. The third kappa shape index (κ3) is 3.72. The normalized spacial score (nSPS) is 13.0. The summed E-state index contributed by atoms with van der Waals surface area (Å²) in [6.45, 7) is 15.6. The fraction of sp³-hybridized carbons (Fsp3) is 0.189. The number of benzene rings is 5. The first-order valence-corrected chi connectivity index (χ1v) is 14.2. The SMILES string of the molecule is Cc1cc(C)cc(N2c3cc(C)cc(C)c3B3c4ccccc4Oc4cc(-c5c(C)cc(C)cc5C)cc2c43)c1. The Labute approximate surface area is 238 Å². The van der Waals surface area contributed by atoms with Crippen molar-refractivity contribution >= 4 is 40.2 Å². The quantitative estimate of drug-likeness (QED) is 0.215. The highest BCUT2D eigenvalue weighted by atomic mass is 16.5. The van der Waals surface area contributed by atoms with Crippen molar-refractivity contribution in [2.75, 3.05) is 4.90 Å². The van der Waals surface area contributed by atoms with E-state index in [1.807, 2.05) is 0 Å². The molecule has 5 aromatic carbocycles. The van der Waals surface area contributed by atoms with Crippen molar-refractivity contribution in [3.05, 3.63) is 118 Å². The maximum Gasteiger partial charge on any atom is 0.256 e. The van der Waals surface area contributed by atoms with Gasteiger partial charge in [-0.25, -0.2) is 0 Å². The van der Waals surface area contributed by atoms with Crippen molar-refractivity contribution in [3.8, 4) is 22.6 Å². The molecule has 2 aliphatic heterocycles. The lowest BCUT2D eigenvalue weighted by Gasteiger charge is -2.41. The van der Waals surface area contributed by atoms with E-state index in [4.69, 9.17) is 4.74 Å². The number of hydrogen-bond donors (Lipinski definition) is 0. The molecule has 0 unspecified atom stereocenters. The molecule has 0 N–H and O–H groups in total. The van der Waals surface area contributed by atoms with Gasteiger partial charge in [0.15, 0.2) is 0 Å². The van der Waals surface area contributed by atoms with Crippen LogP contribution < -0.4 is 26.0 Å². The Morgan fingerprint density at radius 2 is 1.15 bits per heavy atom. The molecule has 0 aromatic heterocycles. The Morgan fingerprint density at radius 3 is 1.88 bits per heavy atom. The maximum atomic E-state index is 6.77. The van der Waals surface area contributed by atoms with Crippen molar-refractivity contribution in [2.45, 2.75) is 48.5 Å². The van der Waals surface area contributed by atoms with Gasteiger partial charge in [0.05, 0.1) is 0 Å². The van der Waals surface area contributed by atoms with E-state index in [0.717, 1.165) is 11.5 Å². The minimum absolute atomic E-state index is 0.113. The number of ether oxygens (including phenoxy) is 1. The number of nitrogens with zero attached hydrogens (tertiary/aromatic N) is 1. The third-order valence-corrected chi connectivity index (χ3v) is 8.57. The number of hydrogen-bond acceptors (Lipinski definition) is 2. The second-order valence-corrected chi connectivity index (χ2v) is 11.9. The van der Waals surface area contributed by atoms with E-state index in [0.29, 0.717) is 0 Å². The minimum atomic E-state index is 0.113. The van der Waals surface area contributed by atoms with Crippen molar-refractivity contribution in [3.63, 3.8) is 0 Å². The van der Waals surface area contributed by atoms with Crippen LogP contribution in [0.2, 0.25) is 0 Å². The van der Waals surface area contributed by atoms with Gasteiger partial charge in [-0.2, -0.15) is 0 Å². The Balaban J connectivity index is 1.62. The molecule has 7 rings (SSSR count). The van der Waals surface area contributed by atoms with Crippen LogP contribution in [-0.4, -0.2) is 6.71 Å². The van der Waals surface area contributed by atoms with Crippen molar-refractivity contribution < 1.29 is 4.74 Å². The van der Waals surface area contributed by atoms with Gasteiger partial charge in [0, 0.05) is 17.1 Å². The summed E-state index contributed by atoms with van der Waals surface area (Å²) in [5.74, 6) is 1.90. The van der Waals surface area contributed by atoms with E-state index in [1.54, 1.807) is 0 Å². The molecule has 0 bridgehead atoms. The minimum Gasteiger partial charge on any atom is -0.458 e. The molecule has 2 aliphatic rings. The lowest BCUT2D eigenvalue weighted by Crippen LogP contribution is -2.60. The second kappa shape index (κ2) is 8.89. The van der Waals surface area contributed by atoms with E-state index < -0.39 is 0 Å².